The van der Waals surface area contributed by atoms with Gasteiger partial charge >= 0.3 is 0 Å². The molecule has 1 aromatic heterocycles. The minimum Gasteiger partial charge on any atom is -0.379 e. The van der Waals surface area contributed by atoms with Crippen molar-refractivity contribution in [1.82, 2.24) is 19.7 Å². The van der Waals surface area contributed by atoms with Crippen LogP contribution in [0.15, 0.2) is 23.4 Å². The van der Waals surface area contributed by atoms with E-state index in [1.165, 1.54) is 23.9 Å². The van der Waals surface area contributed by atoms with Crippen LogP contribution in [0.1, 0.15) is 11.4 Å². The number of nitrogens with zero attached hydrogens (tertiary/aromatic N) is 4. The lowest BCUT2D eigenvalue weighted by Crippen LogP contribution is -2.36. The number of hydrogen-bond acceptors (Lipinski definition) is 6. The minimum atomic E-state index is -0.375. The quantitative estimate of drug-likeness (QED) is 0.772. The maximum absolute atomic E-state index is 13.3. The molecule has 1 aliphatic rings. The maximum Gasteiger partial charge on any atom is 0.234 e. The zero-order chi connectivity index (χ0) is 18.5. The minimum absolute atomic E-state index is 0.180. The fourth-order valence-electron chi connectivity index (χ4n) is 2.61. The number of aryl methyl sites for hydroxylation is 1. The molecule has 0 saturated carbocycles. The van der Waals surface area contributed by atoms with Crippen LogP contribution in [0.25, 0.3) is 0 Å². The number of thioether (sulfide) groups is 1. The second-order valence-electron chi connectivity index (χ2n) is 6.14. The molecule has 7 nitrogen and oxygen atoms in total. The van der Waals surface area contributed by atoms with Gasteiger partial charge in [-0.15, -0.1) is 10.2 Å². The summed E-state index contributed by atoms with van der Waals surface area (Å²) in [6.45, 7) is 5.76. The number of amides is 1. The van der Waals surface area contributed by atoms with Gasteiger partial charge in [-0.25, -0.2) is 4.39 Å². The molecular weight excluding hydrogens is 357 g/mol. The van der Waals surface area contributed by atoms with Crippen LogP contribution in [0.3, 0.4) is 0 Å². The third kappa shape index (κ3) is 4.80. The average Bonchev–Trinajstić information content (AvgIpc) is 2.97. The predicted octanol–water partition coefficient (Wildman–Crippen LogP) is 1.83. The number of carbonyl (C=O) groups is 1. The molecule has 2 aromatic rings. The number of benzene rings is 1. The third-order valence-corrected chi connectivity index (χ3v) is 5.22. The van der Waals surface area contributed by atoms with Crippen LogP contribution in [0, 0.1) is 12.7 Å². The summed E-state index contributed by atoms with van der Waals surface area (Å²) < 4.78 is 20.6. The summed E-state index contributed by atoms with van der Waals surface area (Å²) in [5.74, 6) is 0.455. The van der Waals surface area contributed by atoms with Gasteiger partial charge in [-0.3, -0.25) is 9.69 Å². The van der Waals surface area contributed by atoms with E-state index in [0.29, 0.717) is 17.4 Å². The fraction of sp³-hybridized carbons (Fsp3) is 0.471. The Morgan fingerprint density at radius 1 is 1.35 bits per heavy atom. The fourth-order valence-corrected chi connectivity index (χ4v) is 3.34. The molecule has 9 heteroatoms. The summed E-state index contributed by atoms with van der Waals surface area (Å²) in [6, 6.07) is 4.33. The van der Waals surface area contributed by atoms with Crippen molar-refractivity contribution >= 4 is 23.4 Å². The predicted molar refractivity (Wildman–Crippen MR) is 97.6 cm³/mol. The first-order valence-electron chi connectivity index (χ1n) is 8.40. The molecule has 1 aliphatic heterocycles. The summed E-state index contributed by atoms with van der Waals surface area (Å²) in [4.78, 5) is 14.4. The molecule has 0 aliphatic carbocycles. The van der Waals surface area contributed by atoms with Gasteiger partial charge in [-0.05, 0) is 24.6 Å². The van der Waals surface area contributed by atoms with Crippen molar-refractivity contribution in [3.8, 4) is 0 Å². The number of hydrogen-bond donors (Lipinski definition) is 1. The number of morpholine rings is 1. The van der Waals surface area contributed by atoms with Crippen LogP contribution in [0.5, 0.6) is 0 Å². The van der Waals surface area contributed by atoms with Crippen LogP contribution in [0.2, 0.25) is 0 Å². The summed E-state index contributed by atoms with van der Waals surface area (Å²) in [7, 11) is 1.90. The lowest BCUT2D eigenvalue weighted by atomic mass is 10.2. The third-order valence-electron chi connectivity index (χ3n) is 4.20. The van der Waals surface area contributed by atoms with Crippen molar-refractivity contribution in [2.45, 2.75) is 18.6 Å². The smallest absolute Gasteiger partial charge is 0.234 e. The number of aromatic nitrogens is 3. The second-order valence-corrected chi connectivity index (χ2v) is 7.08. The van der Waals surface area contributed by atoms with Crippen molar-refractivity contribution < 1.29 is 13.9 Å². The molecule has 2 heterocycles. The number of nitrogens with one attached hydrogen (secondary N) is 1. The van der Waals surface area contributed by atoms with E-state index in [4.69, 9.17) is 4.74 Å². The lowest BCUT2D eigenvalue weighted by Gasteiger charge is -2.25. The molecule has 3 rings (SSSR count). The maximum atomic E-state index is 13.3. The summed E-state index contributed by atoms with van der Waals surface area (Å²) in [6.07, 6.45) is 0. The SMILES string of the molecule is Cc1ccc(F)cc1NC(=O)CSc1nnc(CN2CCOCC2)n1C. The monoisotopic (exact) mass is 379 g/mol. The van der Waals surface area contributed by atoms with Crippen LogP contribution in [-0.2, 0) is 23.1 Å². The van der Waals surface area contributed by atoms with Crippen molar-refractivity contribution in [2.75, 3.05) is 37.4 Å². The zero-order valence-corrected chi connectivity index (χ0v) is 15.7. The number of anilines is 1. The molecule has 1 fully saturated rings. The summed E-state index contributed by atoms with van der Waals surface area (Å²) >= 11 is 1.31. The Hall–Kier alpha value is -1.97. The molecular formula is C17H22FN5O2S. The highest BCUT2D eigenvalue weighted by Crippen LogP contribution is 2.19. The molecule has 0 spiro atoms. The second kappa shape index (κ2) is 8.61. The standard InChI is InChI=1S/C17H22FN5O2S/c1-12-3-4-13(18)9-14(12)19-16(24)11-26-17-21-20-15(22(17)2)10-23-5-7-25-8-6-23/h3-4,9H,5-8,10-11H2,1-2H3,(H,19,24). The number of carbonyl (C=O) groups excluding carboxylic acids is 1. The molecule has 1 aromatic carbocycles. The topological polar surface area (TPSA) is 72.3 Å². The van der Waals surface area contributed by atoms with E-state index >= 15 is 0 Å². The summed E-state index contributed by atoms with van der Waals surface area (Å²) in [5, 5.41) is 11.8. The Balaban J connectivity index is 1.54. The van der Waals surface area contributed by atoms with Crippen molar-refractivity contribution in [1.29, 1.82) is 0 Å². The molecule has 0 atom stereocenters. The van der Waals surface area contributed by atoms with Gasteiger partial charge in [0, 0.05) is 25.8 Å². The Morgan fingerprint density at radius 2 is 2.12 bits per heavy atom. The highest BCUT2D eigenvalue weighted by molar-refractivity contribution is 7.99. The Bertz CT molecular complexity index is 777. The number of rotatable bonds is 6. The van der Waals surface area contributed by atoms with Crippen molar-refractivity contribution in [3.63, 3.8) is 0 Å². The highest BCUT2D eigenvalue weighted by Gasteiger charge is 2.16. The van der Waals surface area contributed by atoms with E-state index in [1.807, 2.05) is 18.5 Å². The molecule has 0 bridgehead atoms. The van der Waals surface area contributed by atoms with E-state index < -0.39 is 0 Å². The average molecular weight is 379 g/mol. The largest absolute Gasteiger partial charge is 0.379 e. The van der Waals surface area contributed by atoms with E-state index in [2.05, 4.69) is 20.4 Å². The van der Waals surface area contributed by atoms with Crippen LogP contribution in [-0.4, -0.2) is 57.6 Å². The van der Waals surface area contributed by atoms with E-state index in [9.17, 15) is 9.18 Å². The Morgan fingerprint density at radius 3 is 2.88 bits per heavy atom. The number of ether oxygens (including phenoxy) is 1. The molecule has 0 unspecified atom stereocenters. The van der Waals surface area contributed by atoms with Gasteiger partial charge in [-0.2, -0.15) is 0 Å². The normalized spacial score (nSPS) is 15.2. The van der Waals surface area contributed by atoms with Gasteiger partial charge < -0.3 is 14.6 Å². The van der Waals surface area contributed by atoms with Crippen LogP contribution in [0.4, 0.5) is 10.1 Å². The molecule has 0 radical (unpaired) electrons. The van der Waals surface area contributed by atoms with Gasteiger partial charge in [0.1, 0.15) is 11.6 Å². The zero-order valence-electron chi connectivity index (χ0n) is 14.9. The first-order valence-corrected chi connectivity index (χ1v) is 9.38. The van der Waals surface area contributed by atoms with Gasteiger partial charge in [0.05, 0.1) is 25.5 Å². The first-order chi connectivity index (χ1) is 12.5. The molecule has 140 valence electrons. The van der Waals surface area contributed by atoms with Crippen LogP contribution < -0.4 is 5.32 Å². The van der Waals surface area contributed by atoms with Gasteiger partial charge in [0.25, 0.3) is 0 Å². The summed E-state index contributed by atoms with van der Waals surface area (Å²) in [5.41, 5.74) is 1.30. The molecule has 26 heavy (non-hydrogen) atoms. The van der Waals surface area contributed by atoms with Gasteiger partial charge in [-0.1, -0.05) is 17.8 Å². The molecule has 1 amide bonds. The first kappa shape index (κ1) is 18.8. The van der Waals surface area contributed by atoms with E-state index in [-0.39, 0.29) is 17.5 Å². The number of halogens is 1. The van der Waals surface area contributed by atoms with E-state index in [1.54, 1.807) is 6.07 Å². The molecule has 1 saturated heterocycles. The Kier molecular flexibility index (Phi) is 6.23. The lowest BCUT2D eigenvalue weighted by molar-refractivity contribution is -0.113. The Labute approximate surface area is 155 Å². The van der Waals surface area contributed by atoms with Crippen molar-refractivity contribution in [3.05, 3.63) is 35.4 Å². The molecule has 1 N–H and O–H groups in total. The van der Waals surface area contributed by atoms with Gasteiger partial charge in [0.2, 0.25) is 5.91 Å². The van der Waals surface area contributed by atoms with E-state index in [0.717, 1.165) is 37.7 Å². The van der Waals surface area contributed by atoms with Crippen LogP contribution >= 0.6 is 11.8 Å². The van der Waals surface area contributed by atoms with Crippen molar-refractivity contribution in [2.24, 2.45) is 7.05 Å². The highest BCUT2D eigenvalue weighted by atomic mass is 32.2. The van der Waals surface area contributed by atoms with Gasteiger partial charge in [0.15, 0.2) is 5.16 Å².